The van der Waals surface area contributed by atoms with E-state index in [2.05, 4.69) is 0 Å². The minimum Gasteiger partial charge on any atom is -0.505 e. The molecule has 31 heavy (non-hydrogen) atoms. The Kier molecular flexibility index (Phi) is 13.7. The van der Waals surface area contributed by atoms with Crippen LogP contribution in [0.4, 0.5) is 26.3 Å². The molecule has 2 nitrogen and oxygen atoms in total. The molecule has 0 spiro atoms. The van der Waals surface area contributed by atoms with Crippen molar-refractivity contribution in [1.82, 2.24) is 0 Å². The van der Waals surface area contributed by atoms with Crippen LogP contribution in [-0.4, -0.2) is 10.2 Å². The molecular weight excluding hydrogens is 501 g/mol. The minimum atomic E-state index is -1.31. The largest absolute Gasteiger partial charge is 2.00 e. The summed E-state index contributed by atoms with van der Waals surface area (Å²) in [5.41, 5.74) is 0. The van der Waals surface area contributed by atoms with Crippen LogP contribution in [0.5, 0.6) is 11.5 Å². The van der Waals surface area contributed by atoms with Gasteiger partial charge < -0.3 is 10.2 Å². The Labute approximate surface area is 193 Å². The number of aromatic hydroxyl groups is 2. The van der Waals surface area contributed by atoms with Gasteiger partial charge in [-0.25, -0.2) is 50.6 Å². The molecule has 0 saturated carbocycles. The predicted octanol–water partition coefficient (Wildman–Crippen LogP) is 6.43. The van der Waals surface area contributed by atoms with Crippen LogP contribution in [0.2, 0.25) is 0 Å². The van der Waals surface area contributed by atoms with E-state index in [0.717, 1.165) is 0 Å². The van der Waals surface area contributed by atoms with Crippen molar-refractivity contribution in [3.8, 4) is 11.5 Å². The summed E-state index contributed by atoms with van der Waals surface area (Å²) in [5, 5.41) is 16.9. The fourth-order valence-electron chi connectivity index (χ4n) is 1.67. The summed E-state index contributed by atoms with van der Waals surface area (Å²) < 4.78 is 72.4. The Balaban J connectivity index is 0.000000401. The number of phenolic OH excluding ortho intramolecular Hbond substituents is 2. The average Bonchev–Trinajstić information content (AvgIpc) is 3.44. The van der Waals surface area contributed by atoms with Gasteiger partial charge in [0.25, 0.3) is 0 Å². The van der Waals surface area contributed by atoms with Crippen molar-refractivity contribution in [2.45, 2.75) is 0 Å². The molecule has 0 heterocycles. The molecule has 2 N–H and O–H groups in total. The molecule has 0 unspecified atom stereocenters. The molecular formula is C22H16F6O2Zr. The van der Waals surface area contributed by atoms with Crippen LogP contribution in [-0.2, 0) is 26.2 Å². The van der Waals surface area contributed by atoms with Crippen molar-refractivity contribution in [2.75, 3.05) is 0 Å². The van der Waals surface area contributed by atoms with Gasteiger partial charge in [0.05, 0.1) is 0 Å². The molecule has 0 saturated heterocycles. The van der Waals surface area contributed by atoms with E-state index in [4.69, 9.17) is 10.2 Å². The van der Waals surface area contributed by atoms with E-state index in [1.165, 1.54) is 0 Å². The first kappa shape index (κ1) is 28.2. The third kappa shape index (κ3) is 11.2. The van der Waals surface area contributed by atoms with Gasteiger partial charge in [0.15, 0.2) is 46.4 Å². The smallest absolute Gasteiger partial charge is 0.505 e. The Bertz CT molecular complexity index is 773. The second-order valence-corrected chi connectivity index (χ2v) is 5.36. The molecule has 0 aliphatic carbocycles. The van der Waals surface area contributed by atoms with Gasteiger partial charge in [-0.15, -0.1) is 0 Å². The third-order valence-corrected chi connectivity index (χ3v) is 3.09. The van der Waals surface area contributed by atoms with Crippen molar-refractivity contribution >= 4 is 0 Å². The van der Waals surface area contributed by atoms with Crippen LogP contribution >= 0.6 is 0 Å². The topological polar surface area (TPSA) is 40.5 Å². The first-order valence-corrected chi connectivity index (χ1v) is 8.22. The molecule has 0 atom stereocenters. The first-order chi connectivity index (χ1) is 14.2. The third-order valence-electron chi connectivity index (χ3n) is 3.09. The van der Waals surface area contributed by atoms with Crippen LogP contribution in [0, 0.1) is 34.9 Å². The summed E-state index contributed by atoms with van der Waals surface area (Å²) >= 11 is 0. The Morgan fingerprint density at radius 1 is 0.452 bits per heavy atom. The monoisotopic (exact) mass is 516 g/mol. The van der Waals surface area contributed by atoms with Gasteiger partial charge in [-0.3, -0.25) is 0 Å². The molecule has 0 bridgehead atoms. The zero-order valence-electron chi connectivity index (χ0n) is 15.7. The summed E-state index contributed by atoms with van der Waals surface area (Å²) in [4.78, 5) is 0. The van der Waals surface area contributed by atoms with Crippen LogP contribution in [0.25, 0.3) is 0 Å². The summed E-state index contributed by atoms with van der Waals surface area (Å²) in [6.45, 7) is 0. The van der Waals surface area contributed by atoms with Crippen molar-refractivity contribution < 1.29 is 62.8 Å². The maximum Gasteiger partial charge on any atom is 2.00 e. The summed E-state index contributed by atoms with van der Waals surface area (Å²) in [6.07, 6.45) is 0. The van der Waals surface area contributed by atoms with E-state index in [1.807, 2.05) is 60.7 Å². The predicted molar refractivity (Wildman–Crippen MR) is 100 cm³/mol. The summed E-state index contributed by atoms with van der Waals surface area (Å²) in [5.74, 6) is -9.26. The molecule has 4 aromatic carbocycles. The number of hydrogen-bond donors (Lipinski definition) is 2. The normalized spacial score (nSPS) is 8.97. The molecule has 0 aliphatic heterocycles. The van der Waals surface area contributed by atoms with E-state index in [9.17, 15) is 26.3 Å². The van der Waals surface area contributed by atoms with E-state index in [0.29, 0.717) is 12.1 Å². The SMILES string of the molecule is Oc1cc(F)c(F)cc1F.Oc1cc(F)c(F)cc1F.[Zr+2].c1cc[cH-]c1.c1cc[cH-]c1. The summed E-state index contributed by atoms with van der Waals surface area (Å²) in [7, 11) is 0. The van der Waals surface area contributed by atoms with Crippen LogP contribution in [0.15, 0.2) is 84.9 Å². The second-order valence-electron chi connectivity index (χ2n) is 5.36. The van der Waals surface area contributed by atoms with Crippen molar-refractivity contribution in [2.24, 2.45) is 0 Å². The summed E-state index contributed by atoms with van der Waals surface area (Å²) in [6, 6.07) is 21.3. The van der Waals surface area contributed by atoms with Crippen molar-refractivity contribution in [3.05, 3.63) is 120 Å². The number of rotatable bonds is 0. The van der Waals surface area contributed by atoms with Crippen molar-refractivity contribution in [1.29, 1.82) is 0 Å². The molecule has 0 aliphatic rings. The average molecular weight is 518 g/mol. The van der Waals surface area contributed by atoms with E-state index in [1.54, 1.807) is 0 Å². The Hall–Kier alpha value is -2.80. The van der Waals surface area contributed by atoms with Gasteiger partial charge in [0.2, 0.25) is 0 Å². The molecule has 162 valence electrons. The van der Waals surface area contributed by atoms with Gasteiger partial charge in [-0.05, 0) is 0 Å². The molecule has 0 aromatic heterocycles. The minimum absolute atomic E-state index is 0. The second kappa shape index (κ2) is 15.1. The maximum absolute atomic E-state index is 12.1. The standard InChI is InChI=1S/2C6H3F3O.2C5H5.Zr/c2*7-3-1-5(9)6(10)2-4(3)8;2*1-2-4-5-3-1;/h2*1-2,10H;2*1-5H;/q;;2*-1;+2. The Morgan fingerprint density at radius 3 is 0.903 bits per heavy atom. The van der Waals surface area contributed by atoms with Gasteiger partial charge in [-0.1, -0.05) is 0 Å². The molecule has 0 amide bonds. The number of hydrogen-bond acceptors (Lipinski definition) is 2. The number of halogens is 6. The van der Waals surface area contributed by atoms with Crippen molar-refractivity contribution in [3.63, 3.8) is 0 Å². The van der Waals surface area contributed by atoms with Gasteiger partial charge in [0, 0.05) is 24.3 Å². The zero-order chi connectivity index (χ0) is 22.5. The van der Waals surface area contributed by atoms with Gasteiger partial charge >= 0.3 is 26.2 Å². The van der Waals surface area contributed by atoms with E-state index < -0.39 is 46.4 Å². The Morgan fingerprint density at radius 2 is 0.710 bits per heavy atom. The van der Waals surface area contributed by atoms with Crippen LogP contribution in [0.1, 0.15) is 0 Å². The van der Waals surface area contributed by atoms with Gasteiger partial charge in [-0.2, -0.15) is 36.4 Å². The fourth-order valence-corrected chi connectivity index (χ4v) is 1.67. The van der Waals surface area contributed by atoms with E-state index in [-0.39, 0.29) is 38.3 Å². The molecule has 0 radical (unpaired) electrons. The molecule has 0 fully saturated rings. The molecule has 4 rings (SSSR count). The molecule has 9 heteroatoms. The number of benzene rings is 2. The quantitative estimate of drug-likeness (QED) is 0.160. The zero-order valence-corrected chi connectivity index (χ0v) is 18.2. The van der Waals surface area contributed by atoms with Crippen LogP contribution < -0.4 is 0 Å². The van der Waals surface area contributed by atoms with Crippen LogP contribution in [0.3, 0.4) is 0 Å². The number of phenols is 2. The first-order valence-electron chi connectivity index (χ1n) is 8.22. The molecule has 4 aromatic rings. The van der Waals surface area contributed by atoms with E-state index >= 15 is 0 Å². The fraction of sp³-hybridized carbons (Fsp3) is 0. The maximum atomic E-state index is 12.1. The van der Waals surface area contributed by atoms with Gasteiger partial charge in [0.1, 0.15) is 0 Å².